The Morgan fingerprint density at radius 3 is 2.24 bits per heavy atom. The number of esters is 1. The highest BCUT2D eigenvalue weighted by atomic mass is 35.5. The van der Waals surface area contributed by atoms with Crippen LogP contribution in [-0.2, 0) is 27.2 Å². The maximum atomic E-state index is 14.4. The molecule has 0 saturated heterocycles. The summed E-state index contributed by atoms with van der Waals surface area (Å²) in [5.74, 6) is -1.40. The molecule has 1 aliphatic carbocycles. The van der Waals surface area contributed by atoms with Gasteiger partial charge in [-0.15, -0.1) is 23.1 Å². The number of rotatable bonds is 13. The minimum atomic E-state index is -0.719. The number of fused-ring (bicyclic) bond motifs is 1. The molecule has 0 fully saturated rings. The van der Waals surface area contributed by atoms with E-state index in [1.54, 1.807) is 79.7 Å². The maximum Gasteiger partial charge on any atom is 0.341 e. The van der Waals surface area contributed by atoms with Gasteiger partial charge in [0, 0.05) is 26.0 Å². The van der Waals surface area contributed by atoms with Gasteiger partial charge in [-0.1, -0.05) is 109 Å². The van der Waals surface area contributed by atoms with Gasteiger partial charge < -0.3 is 20.7 Å². The van der Waals surface area contributed by atoms with E-state index in [0.29, 0.717) is 49.6 Å². The lowest BCUT2D eigenvalue weighted by atomic mass is 9.83. The Morgan fingerprint density at radius 1 is 0.845 bits per heavy atom. The zero-order valence-corrected chi connectivity index (χ0v) is 34.0. The minimum absolute atomic E-state index is 0.0295. The van der Waals surface area contributed by atoms with Crippen molar-refractivity contribution in [3.05, 3.63) is 189 Å². The first-order valence-electron chi connectivity index (χ1n) is 18.9. The molecule has 6 aromatic rings. The van der Waals surface area contributed by atoms with Gasteiger partial charge in [0.1, 0.15) is 15.9 Å². The Kier molecular flexibility index (Phi) is 13.2. The van der Waals surface area contributed by atoms with Gasteiger partial charge in [0.05, 0.1) is 12.2 Å². The second-order valence-corrected chi connectivity index (χ2v) is 16.3. The Bertz CT molecular complexity index is 2440. The van der Waals surface area contributed by atoms with Crippen LogP contribution in [0.5, 0.6) is 0 Å². The summed E-state index contributed by atoms with van der Waals surface area (Å²) in [6.07, 6.45) is 3.95. The van der Waals surface area contributed by atoms with Crippen molar-refractivity contribution in [3.8, 4) is 0 Å². The van der Waals surface area contributed by atoms with Crippen LogP contribution in [0.3, 0.4) is 0 Å². The first-order valence-corrected chi connectivity index (χ1v) is 21.0. The number of hydrogen-bond donors (Lipinski definition) is 3. The number of carbonyl (C=O) groups is 4. The van der Waals surface area contributed by atoms with Crippen molar-refractivity contribution in [1.29, 1.82) is 0 Å². The fraction of sp³-hybridized carbons (Fsp3) is 0.149. The number of anilines is 2. The number of benzene rings is 5. The molecule has 3 N–H and O–H groups in total. The first kappa shape index (κ1) is 40.3. The van der Waals surface area contributed by atoms with Crippen LogP contribution in [0, 0.1) is 0 Å². The van der Waals surface area contributed by atoms with Crippen molar-refractivity contribution in [3.63, 3.8) is 0 Å². The van der Waals surface area contributed by atoms with E-state index >= 15 is 0 Å². The maximum absolute atomic E-state index is 14.4. The van der Waals surface area contributed by atoms with Crippen LogP contribution >= 0.6 is 34.7 Å². The average Bonchev–Trinajstić information content (AvgIpc) is 3.61. The molecule has 0 bridgehead atoms. The van der Waals surface area contributed by atoms with Crippen LogP contribution in [0.15, 0.2) is 150 Å². The largest absolute Gasteiger partial charge is 0.462 e. The molecule has 0 saturated carbocycles. The van der Waals surface area contributed by atoms with Gasteiger partial charge in [0.25, 0.3) is 11.8 Å². The topological polar surface area (TPSA) is 114 Å². The summed E-state index contributed by atoms with van der Waals surface area (Å²) in [4.78, 5) is 56.6. The lowest BCUT2D eigenvalue weighted by molar-refractivity contribution is -0.116. The van der Waals surface area contributed by atoms with E-state index in [9.17, 15) is 19.2 Å². The number of halogens is 1. The van der Waals surface area contributed by atoms with Crippen molar-refractivity contribution < 1.29 is 23.9 Å². The third-order valence-corrected chi connectivity index (χ3v) is 12.3. The van der Waals surface area contributed by atoms with Crippen LogP contribution in [0.4, 0.5) is 10.7 Å². The van der Waals surface area contributed by atoms with Gasteiger partial charge >= 0.3 is 5.97 Å². The van der Waals surface area contributed by atoms with Gasteiger partial charge in [-0.25, -0.2) is 4.79 Å². The SMILES string of the molecule is CCOC(=O)c1c(NC(=O)C(Sc2cccc(NC(=O)/C(=C/c3ccc(Cl)cc3)NC(=O)c3ccccc3)c2)c2ccccc2)sc2c1CCC(c1ccccc1)C2. The van der Waals surface area contributed by atoms with E-state index < -0.39 is 23.0 Å². The van der Waals surface area contributed by atoms with E-state index in [1.165, 1.54) is 28.7 Å². The Labute approximate surface area is 350 Å². The molecule has 0 radical (unpaired) electrons. The number of thioether (sulfide) groups is 1. The quantitative estimate of drug-likeness (QED) is 0.0607. The molecule has 1 aromatic heterocycles. The average molecular weight is 826 g/mol. The van der Waals surface area contributed by atoms with Gasteiger partial charge in [-0.2, -0.15) is 0 Å². The molecule has 8 nitrogen and oxygen atoms in total. The first-order chi connectivity index (χ1) is 28.2. The summed E-state index contributed by atoms with van der Waals surface area (Å²) in [6.45, 7) is 1.99. The molecule has 2 atom stereocenters. The zero-order valence-electron chi connectivity index (χ0n) is 31.6. The third kappa shape index (κ3) is 9.95. The lowest BCUT2D eigenvalue weighted by Gasteiger charge is -2.23. The smallest absolute Gasteiger partial charge is 0.341 e. The van der Waals surface area contributed by atoms with Gasteiger partial charge in [-0.05, 0) is 103 Å². The second kappa shape index (κ2) is 19.0. The van der Waals surface area contributed by atoms with E-state index in [0.717, 1.165) is 28.8 Å². The molecule has 11 heteroatoms. The number of hydrogen-bond acceptors (Lipinski definition) is 7. The van der Waals surface area contributed by atoms with Crippen molar-refractivity contribution >= 4 is 75.2 Å². The summed E-state index contributed by atoms with van der Waals surface area (Å²) < 4.78 is 5.51. The van der Waals surface area contributed by atoms with Crippen molar-refractivity contribution in [2.24, 2.45) is 0 Å². The monoisotopic (exact) mass is 825 g/mol. The third-order valence-electron chi connectivity index (χ3n) is 9.65. The Morgan fingerprint density at radius 2 is 1.53 bits per heavy atom. The minimum Gasteiger partial charge on any atom is -0.462 e. The summed E-state index contributed by atoms with van der Waals surface area (Å²) in [6, 6.07) is 42.5. The standard InChI is InChI=1S/C47H40ClN3O5S2/c1-2-56-47(55)41-38-26-23-34(31-13-6-3-7-14-31)28-40(38)58-46(41)51-45(54)42(32-15-8-4-9-16-32)57-37-20-12-19-36(29-37)49-44(53)39(27-30-21-24-35(48)25-22-30)50-43(52)33-17-10-5-11-18-33/h3-22,24-25,27,29,34,42H,2,23,26,28H2,1H3,(H,49,53)(H,50,52)(H,51,54)/b39-27-. The molecule has 58 heavy (non-hydrogen) atoms. The Balaban J connectivity index is 1.13. The van der Waals surface area contributed by atoms with Crippen molar-refractivity contribution in [2.75, 3.05) is 17.2 Å². The van der Waals surface area contributed by atoms with E-state index in [2.05, 4.69) is 28.1 Å². The fourth-order valence-electron chi connectivity index (χ4n) is 6.83. The molecule has 1 aliphatic rings. The summed E-state index contributed by atoms with van der Waals surface area (Å²) in [7, 11) is 0. The van der Waals surface area contributed by atoms with Crippen molar-refractivity contribution in [2.45, 2.75) is 42.2 Å². The zero-order chi connectivity index (χ0) is 40.4. The van der Waals surface area contributed by atoms with Crippen LogP contribution in [-0.4, -0.2) is 30.3 Å². The fourth-order valence-corrected chi connectivity index (χ4v) is 9.36. The molecule has 3 amide bonds. The molecular formula is C47H40ClN3O5S2. The highest BCUT2D eigenvalue weighted by molar-refractivity contribution is 8.00. The van der Waals surface area contributed by atoms with Crippen LogP contribution in [0.25, 0.3) is 6.08 Å². The molecule has 0 aliphatic heterocycles. The molecule has 7 rings (SSSR count). The van der Waals surface area contributed by atoms with Gasteiger partial charge in [0.15, 0.2) is 0 Å². The highest BCUT2D eigenvalue weighted by Gasteiger charge is 2.32. The van der Waals surface area contributed by atoms with Gasteiger partial charge in [-0.3, -0.25) is 14.4 Å². The molecule has 1 heterocycles. The summed E-state index contributed by atoms with van der Waals surface area (Å²) in [5.41, 5.74) is 4.96. The number of amides is 3. The van der Waals surface area contributed by atoms with E-state index in [4.69, 9.17) is 16.3 Å². The molecule has 292 valence electrons. The molecular weight excluding hydrogens is 786 g/mol. The number of carbonyl (C=O) groups excluding carboxylic acids is 4. The number of nitrogens with one attached hydrogen (secondary N) is 3. The highest BCUT2D eigenvalue weighted by Crippen LogP contribution is 2.44. The van der Waals surface area contributed by atoms with Crippen LogP contribution < -0.4 is 16.0 Å². The number of thiophene rings is 1. The molecule has 5 aromatic carbocycles. The molecule has 0 spiro atoms. The normalized spacial score (nSPS) is 14.1. The summed E-state index contributed by atoms with van der Waals surface area (Å²) in [5, 5.41) is 9.12. The van der Waals surface area contributed by atoms with Crippen LogP contribution in [0.2, 0.25) is 5.02 Å². The Hall–Kier alpha value is -5.94. The second-order valence-electron chi connectivity index (χ2n) is 13.6. The lowest BCUT2D eigenvalue weighted by Crippen LogP contribution is -2.30. The summed E-state index contributed by atoms with van der Waals surface area (Å²) >= 11 is 8.86. The van der Waals surface area contributed by atoms with E-state index in [1.807, 2.05) is 60.7 Å². The van der Waals surface area contributed by atoms with E-state index in [-0.39, 0.29) is 18.2 Å². The predicted octanol–water partition coefficient (Wildman–Crippen LogP) is 10.7. The number of ether oxygens (including phenoxy) is 1. The predicted molar refractivity (Wildman–Crippen MR) is 234 cm³/mol. The van der Waals surface area contributed by atoms with Crippen molar-refractivity contribution in [1.82, 2.24) is 5.32 Å². The molecule has 2 unspecified atom stereocenters. The van der Waals surface area contributed by atoms with Gasteiger partial charge in [0.2, 0.25) is 5.91 Å². The van der Waals surface area contributed by atoms with Crippen LogP contribution in [0.1, 0.15) is 72.4 Å².